The van der Waals surface area contributed by atoms with Crippen molar-refractivity contribution < 1.29 is 19.1 Å². The van der Waals surface area contributed by atoms with Gasteiger partial charge in [-0.25, -0.2) is 0 Å². The topological polar surface area (TPSA) is 60.4 Å². The Morgan fingerprint density at radius 2 is 1.46 bits per heavy atom. The molecule has 0 N–H and O–H groups in total. The second-order valence-corrected chi connectivity index (χ2v) is 11.5. The fourth-order valence-electron chi connectivity index (χ4n) is 5.58. The summed E-state index contributed by atoms with van der Waals surface area (Å²) >= 11 is 0. The predicted molar refractivity (Wildman–Crippen MR) is 145 cm³/mol. The number of ether oxygens (including phenoxy) is 1. The number of esters is 1. The van der Waals surface area contributed by atoms with E-state index in [-0.39, 0.29) is 35.6 Å². The molecule has 1 rings (SSSR count). The normalized spacial score (nSPS) is 19.3. The van der Waals surface area contributed by atoms with E-state index < -0.39 is 0 Å². The molecule has 0 radical (unpaired) electrons. The summed E-state index contributed by atoms with van der Waals surface area (Å²) < 4.78 is 5.58. The standard InChI is InChI=1S/C31H56O4/c1-5-7-9-11-12-13-14-15-16-18-26(23-29(33)27(20-21-32)22-25(3)4)24-30-28(31(34)35-30)19-17-10-8-6-2/h21,25-28,30H,5-20,22-24H2,1-4H3/t26-,27+,28+,30+/m1/s1. The number of unbranched alkanes of at least 4 members (excludes halogenated alkanes) is 11. The van der Waals surface area contributed by atoms with Crippen LogP contribution in [-0.4, -0.2) is 24.1 Å². The molecule has 1 aliphatic heterocycles. The number of carbonyl (C=O) groups excluding carboxylic acids is 3. The molecule has 4 atom stereocenters. The van der Waals surface area contributed by atoms with Crippen molar-refractivity contribution >= 4 is 18.0 Å². The van der Waals surface area contributed by atoms with Crippen molar-refractivity contribution in [2.45, 2.75) is 156 Å². The van der Waals surface area contributed by atoms with Crippen LogP contribution in [0, 0.1) is 23.7 Å². The highest BCUT2D eigenvalue weighted by Gasteiger charge is 2.42. The zero-order valence-corrected chi connectivity index (χ0v) is 23.5. The lowest BCUT2D eigenvalue weighted by molar-refractivity contribution is -0.187. The van der Waals surface area contributed by atoms with Crippen LogP contribution >= 0.6 is 0 Å². The van der Waals surface area contributed by atoms with Crippen molar-refractivity contribution in [3.05, 3.63) is 0 Å². The van der Waals surface area contributed by atoms with Gasteiger partial charge in [0.05, 0.1) is 5.92 Å². The number of carbonyl (C=O) groups is 3. The summed E-state index contributed by atoms with van der Waals surface area (Å²) in [5.41, 5.74) is 0. The third kappa shape index (κ3) is 14.2. The van der Waals surface area contributed by atoms with Crippen LogP contribution in [0.1, 0.15) is 150 Å². The van der Waals surface area contributed by atoms with E-state index in [0.29, 0.717) is 18.8 Å². The van der Waals surface area contributed by atoms with Crippen LogP contribution in [0.3, 0.4) is 0 Å². The molecule has 0 amide bonds. The molecular weight excluding hydrogens is 436 g/mol. The highest BCUT2D eigenvalue weighted by atomic mass is 16.6. The van der Waals surface area contributed by atoms with E-state index in [1.54, 1.807) is 0 Å². The minimum absolute atomic E-state index is 0.0184. The number of Topliss-reactive ketones (excluding diaryl/α,β-unsaturated/α-hetero) is 1. The SMILES string of the molecule is CCCCCCCCCCC[C@H](CC(=O)[C@@H](CC=O)CC(C)C)C[C@@H]1OC(=O)[C@H]1CCCCCC. The molecule has 4 nitrogen and oxygen atoms in total. The van der Waals surface area contributed by atoms with Gasteiger partial charge in [0.2, 0.25) is 0 Å². The first-order valence-corrected chi connectivity index (χ1v) is 15.1. The third-order valence-corrected chi connectivity index (χ3v) is 7.75. The van der Waals surface area contributed by atoms with Crippen LogP contribution in [0.15, 0.2) is 0 Å². The molecule has 0 aromatic heterocycles. The lowest BCUT2D eigenvalue weighted by Crippen LogP contribution is -2.46. The summed E-state index contributed by atoms with van der Waals surface area (Å²) in [6, 6.07) is 0. The van der Waals surface area contributed by atoms with Crippen molar-refractivity contribution in [3.63, 3.8) is 0 Å². The molecule has 1 saturated heterocycles. The fourth-order valence-corrected chi connectivity index (χ4v) is 5.58. The minimum Gasteiger partial charge on any atom is -0.461 e. The fraction of sp³-hybridized carbons (Fsp3) is 0.903. The van der Waals surface area contributed by atoms with E-state index in [0.717, 1.165) is 44.8 Å². The van der Waals surface area contributed by atoms with Gasteiger partial charge in [-0.3, -0.25) is 9.59 Å². The smallest absolute Gasteiger partial charge is 0.313 e. The highest BCUT2D eigenvalue weighted by Crippen LogP contribution is 2.35. The van der Waals surface area contributed by atoms with Crippen LogP contribution in [0.5, 0.6) is 0 Å². The second-order valence-electron chi connectivity index (χ2n) is 11.5. The van der Waals surface area contributed by atoms with Crippen LogP contribution in [0.4, 0.5) is 0 Å². The molecule has 0 spiro atoms. The number of aldehydes is 1. The molecule has 0 bridgehead atoms. The van der Waals surface area contributed by atoms with Crippen molar-refractivity contribution in [1.29, 1.82) is 0 Å². The summed E-state index contributed by atoms with van der Waals surface area (Å²) in [7, 11) is 0. The summed E-state index contributed by atoms with van der Waals surface area (Å²) in [5.74, 6) is 0.709. The maximum Gasteiger partial charge on any atom is 0.313 e. The molecular formula is C31H56O4. The van der Waals surface area contributed by atoms with Crippen molar-refractivity contribution in [1.82, 2.24) is 0 Å². The highest BCUT2D eigenvalue weighted by molar-refractivity contribution is 5.83. The van der Waals surface area contributed by atoms with E-state index in [1.165, 1.54) is 70.6 Å². The van der Waals surface area contributed by atoms with Crippen LogP contribution in [-0.2, 0) is 19.1 Å². The molecule has 35 heavy (non-hydrogen) atoms. The average molecular weight is 493 g/mol. The molecule has 0 saturated carbocycles. The van der Waals surface area contributed by atoms with E-state index in [9.17, 15) is 14.4 Å². The summed E-state index contributed by atoms with van der Waals surface area (Å²) in [6.45, 7) is 8.68. The first kappa shape index (κ1) is 31.8. The molecule has 0 aromatic rings. The zero-order valence-electron chi connectivity index (χ0n) is 23.5. The van der Waals surface area contributed by atoms with Crippen molar-refractivity contribution in [2.75, 3.05) is 0 Å². The Balaban J connectivity index is 2.58. The number of ketones is 1. The van der Waals surface area contributed by atoms with Crippen molar-refractivity contribution in [3.8, 4) is 0 Å². The molecule has 4 heteroatoms. The lowest BCUT2D eigenvalue weighted by atomic mass is 9.79. The van der Waals surface area contributed by atoms with Gasteiger partial charge in [-0.2, -0.15) is 0 Å². The molecule has 0 aromatic carbocycles. The molecule has 1 fully saturated rings. The van der Waals surface area contributed by atoms with Crippen LogP contribution < -0.4 is 0 Å². The summed E-state index contributed by atoms with van der Waals surface area (Å²) in [5, 5.41) is 0. The van der Waals surface area contributed by atoms with E-state index in [1.807, 2.05) is 0 Å². The number of hydrogen-bond acceptors (Lipinski definition) is 4. The predicted octanol–water partition coefficient (Wildman–Crippen LogP) is 8.64. The lowest BCUT2D eigenvalue weighted by Gasteiger charge is -2.37. The van der Waals surface area contributed by atoms with Crippen LogP contribution in [0.25, 0.3) is 0 Å². The Kier molecular flexibility index (Phi) is 18.1. The second kappa shape index (κ2) is 19.9. The number of hydrogen-bond donors (Lipinski definition) is 0. The largest absolute Gasteiger partial charge is 0.461 e. The Labute approximate surface area is 216 Å². The number of rotatable bonds is 24. The Morgan fingerprint density at radius 3 is 2.00 bits per heavy atom. The maximum atomic E-state index is 13.2. The van der Waals surface area contributed by atoms with Gasteiger partial charge >= 0.3 is 5.97 Å². The van der Waals surface area contributed by atoms with Gasteiger partial charge in [0.15, 0.2) is 0 Å². The Hall–Kier alpha value is -1.19. The first-order valence-electron chi connectivity index (χ1n) is 15.1. The molecule has 204 valence electrons. The van der Waals surface area contributed by atoms with Gasteiger partial charge in [0.25, 0.3) is 0 Å². The molecule has 1 aliphatic rings. The summed E-state index contributed by atoms with van der Waals surface area (Å²) in [6.07, 6.45) is 21.6. The van der Waals surface area contributed by atoms with E-state index >= 15 is 0 Å². The molecule has 1 heterocycles. The van der Waals surface area contributed by atoms with Gasteiger partial charge < -0.3 is 9.53 Å². The van der Waals surface area contributed by atoms with Gasteiger partial charge in [0.1, 0.15) is 18.2 Å². The minimum atomic E-state index is -0.160. The third-order valence-electron chi connectivity index (χ3n) is 7.75. The quantitative estimate of drug-likeness (QED) is 0.0768. The maximum absolute atomic E-state index is 13.2. The zero-order chi connectivity index (χ0) is 25.9. The Morgan fingerprint density at radius 1 is 0.886 bits per heavy atom. The van der Waals surface area contributed by atoms with Gasteiger partial charge in [-0.1, -0.05) is 111 Å². The Bertz CT molecular complexity index is 570. The van der Waals surface area contributed by atoms with Gasteiger partial charge in [-0.05, 0) is 37.5 Å². The number of cyclic esters (lactones) is 1. The molecule has 0 aliphatic carbocycles. The average Bonchev–Trinajstić information content (AvgIpc) is 2.81. The first-order chi connectivity index (χ1) is 16.9. The van der Waals surface area contributed by atoms with Crippen molar-refractivity contribution in [2.24, 2.45) is 23.7 Å². The summed E-state index contributed by atoms with van der Waals surface area (Å²) in [4.78, 5) is 36.5. The van der Waals surface area contributed by atoms with E-state index in [4.69, 9.17) is 4.74 Å². The van der Waals surface area contributed by atoms with Crippen LogP contribution in [0.2, 0.25) is 0 Å². The monoisotopic (exact) mass is 492 g/mol. The van der Waals surface area contributed by atoms with E-state index in [2.05, 4.69) is 27.7 Å². The van der Waals surface area contributed by atoms with Gasteiger partial charge in [-0.15, -0.1) is 0 Å². The van der Waals surface area contributed by atoms with Gasteiger partial charge in [0, 0.05) is 18.8 Å². The molecule has 0 unspecified atom stereocenters.